The fourth-order valence-electron chi connectivity index (χ4n) is 2.23. The highest BCUT2D eigenvalue weighted by atomic mass is 32.2. The Morgan fingerprint density at radius 3 is 2.80 bits per heavy atom. The van der Waals surface area contributed by atoms with Gasteiger partial charge in [-0.3, -0.25) is 4.79 Å². The molecule has 3 aromatic rings. The summed E-state index contributed by atoms with van der Waals surface area (Å²) in [6.07, 6.45) is 2.80. The molecule has 3 rings (SSSR count). The maximum atomic E-state index is 12.3. The van der Waals surface area contributed by atoms with Gasteiger partial charge >= 0.3 is 0 Å². The Labute approximate surface area is 149 Å². The Hall–Kier alpha value is -2.45. The molecule has 6 nitrogen and oxygen atoms in total. The number of hydrogen-bond acceptors (Lipinski definition) is 6. The number of carbonyl (C=O) groups excluding carboxylic acids is 1. The van der Waals surface area contributed by atoms with Crippen LogP contribution in [0.3, 0.4) is 0 Å². The third-order valence-electron chi connectivity index (χ3n) is 3.54. The predicted molar refractivity (Wildman–Crippen MR) is 96.4 cm³/mol. The second-order valence-corrected chi connectivity index (χ2v) is 8.47. The van der Waals surface area contributed by atoms with Crippen molar-refractivity contribution in [3.63, 3.8) is 0 Å². The van der Waals surface area contributed by atoms with Crippen molar-refractivity contribution in [2.75, 3.05) is 11.6 Å². The van der Waals surface area contributed by atoms with Crippen molar-refractivity contribution in [1.82, 2.24) is 4.98 Å². The standard InChI is InChI=1S/C17H16N2O4S2/c1-11-5-6-13(25(2,21)22)9-14(11)19-16(20)8-12-10-24-17(18-12)15-4-3-7-23-15/h3-7,9-10H,8H2,1-2H3,(H,19,20). The average Bonchev–Trinajstić information content (AvgIpc) is 3.19. The molecule has 0 saturated heterocycles. The fourth-order valence-corrected chi connectivity index (χ4v) is 3.66. The van der Waals surface area contributed by atoms with E-state index < -0.39 is 9.84 Å². The van der Waals surface area contributed by atoms with E-state index in [0.29, 0.717) is 22.1 Å². The first kappa shape index (κ1) is 17.4. The van der Waals surface area contributed by atoms with Crippen LogP contribution in [0, 0.1) is 6.92 Å². The Kier molecular flexibility index (Phi) is 4.73. The molecular formula is C17H16N2O4S2. The normalized spacial score (nSPS) is 11.4. The van der Waals surface area contributed by atoms with Crippen LogP contribution in [0.15, 0.2) is 51.3 Å². The number of hydrogen-bond donors (Lipinski definition) is 1. The van der Waals surface area contributed by atoms with Crippen LogP contribution in [-0.2, 0) is 21.1 Å². The lowest BCUT2D eigenvalue weighted by molar-refractivity contribution is -0.115. The molecule has 8 heteroatoms. The van der Waals surface area contributed by atoms with E-state index >= 15 is 0 Å². The largest absolute Gasteiger partial charge is 0.462 e. The Bertz CT molecular complexity index is 1010. The minimum atomic E-state index is -3.33. The van der Waals surface area contributed by atoms with Crippen LogP contribution in [0.5, 0.6) is 0 Å². The first-order chi connectivity index (χ1) is 11.8. The maximum Gasteiger partial charge on any atom is 0.230 e. The van der Waals surface area contributed by atoms with Gasteiger partial charge in [-0.1, -0.05) is 6.07 Å². The van der Waals surface area contributed by atoms with Gasteiger partial charge < -0.3 is 9.73 Å². The van der Waals surface area contributed by atoms with Gasteiger partial charge in [0.1, 0.15) is 0 Å². The highest BCUT2D eigenvalue weighted by Gasteiger charge is 2.14. The summed E-state index contributed by atoms with van der Waals surface area (Å²) in [5.41, 5.74) is 1.90. The van der Waals surface area contributed by atoms with Crippen molar-refractivity contribution in [2.24, 2.45) is 0 Å². The minimum Gasteiger partial charge on any atom is -0.462 e. The van der Waals surface area contributed by atoms with E-state index in [4.69, 9.17) is 4.42 Å². The molecule has 130 valence electrons. The van der Waals surface area contributed by atoms with Crippen LogP contribution in [0.4, 0.5) is 5.69 Å². The number of amides is 1. The summed E-state index contributed by atoms with van der Waals surface area (Å²) in [5.74, 6) is 0.401. The zero-order chi connectivity index (χ0) is 18.0. The van der Waals surface area contributed by atoms with Crippen molar-refractivity contribution in [1.29, 1.82) is 0 Å². The number of rotatable bonds is 5. The van der Waals surface area contributed by atoms with Gasteiger partial charge in [-0.2, -0.15) is 0 Å². The lowest BCUT2D eigenvalue weighted by atomic mass is 10.2. The summed E-state index contributed by atoms with van der Waals surface area (Å²) in [4.78, 5) is 16.8. The first-order valence-electron chi connectivity index (χ1n) is 7.42. The monoisotopic (exact) mass is 376 g/mol. The van der Waals surface area contributed by atoms with Gasteiger partial charge in [-0.25, -0.2) is 13.4 Å². The highest BCUT2D eigenvalue weighted by Crippen LogP contribution is 2.25. The molecule has 0 bridgehead atoms. The van der Waals surface area contributed by atoms with Crippen molar-refractivity contribution in [2.45, 2.75) is 18.2 Å². The molecule has 2 aromatic heterocycles. The SMILES string of the molecule is Cc1ccc(S(C)(=O)=O)cc1NC(=O)Cc1csc(-c2ccco2)n1. The van der Waals surface area contributed by atoms with Crippen LogP contribution < -0.4 is 5.32 Å². The van der Waals surface area contributed by atoms with Gasteiger partial charge in [0, 0.05) is 17.3 Å². The number of aromatic nitrogens is 1. The number of aryl methyl sites for hydroxylation is 1. The van der Waals surface area contributed by atoms with E-state index in [1.54, 1.807) is 30.7 Å². The Balaban J connectivity index is 1.73. The number of nitrogens with one attached hydrogen (secondary N) is 1. The number of thiazole rings is 1. The first-order valence-corrected chi connectivity index (χ1v) is 10.2. The molecular weight excluding hydrogens is 360 g/mol. The van der Waals surface area contributed by atoms with Crippen LogP contribution >= 0.6 is 11.3 Å². The van der Waals surface area contributed by atoms with Crippen molar-refractivity contribution in [3.8, 4) is 10.8 Å². The molecule has 0 saturated carbocycles. The van der Waals surface area contributed by atoms with E-state index in [1.807, 2.05) is 6.07 Å². The third kappa shape index (κ3) is 4.15. The van der Waals surface area contributed by atoms with Crippen LogP contribution in [0.2, 0.25) is 0 Å². The number of carbonyl (C=O) groups is 1. The van der Waals surface area contributed by atoms with Crippen LogP contribution in [0.1, 0.15) is 11.3 Å². The van der Waals surface area contributed by atoms with E-state index in [0.717, 1.165) is 11.8 Å². The summed E-state index contributed by atoms with van der Waals surface area (Å²) >= 11 is 1.40. The zero-order valence-corrected chi connectivity index (χ0v) is 15.3. The fraction of sp³-hybridized carbons (Fsp3) is 0.176. The second-order valence-electron chi connectivity index (χ2n) is 5.60. The number of benzene rings is 1. The quantitative estimate of drug-likeness (QED) is 0.738. The summed E-state index contributed by atoms with van der Waals surface area (Å²) in [5, 5.41) is 5.27. The molecule has 0 radical (unpaired) electrons. The number of nitrogens with zero attached hydrogens (tertiary/aromatic N) is 1. The molecule has 0 fully saturated rings. The summed E-state index contributed by atoms with van der Waals surface area (Å²) < 4.78 is 28.6. The van der Waals surface area contributed by atoms with Gasteiger partial charge in [-0.15, -0.1) is 11.3 Å². The van der Waals surface area contributed by atoms with Crippen LogP contribution in [0.25, 0.3) is 10.8 Å². The Morgan fingerprint density at radius 2 is 2.12 bits per heavy atom. The molecule has 1 amide bonds. The number of furan rings is 1. The maximum absolute atomic E-state index is 12.3. The van der Waals surface area contributed by atoms with Gasteiger partial charge in [0.25, 0.3) is 0 Å². The van der Waals surface area contributed by atoms with Gasteiger partial charge in [0.15, 0.2) is 20.6 Å². The molecule has 1 N–H and O–H groups in total. The molecule has 25 heavy (non-hydrogen) atoms. The zero-order valence-electron chi connectivity index (χ0n) is 13.6. The number of sulfone groups is 1. The lowest BCUT2D eigenvalue weighted by Crippen LogP contribution is -2.15. The molecule has 0 unspecified atom stereocenters. The molecule has 0 aliphatic rings. The Morgan fingerprint density at radius 1 is 1.32 bits per heavy atom. The van der Waals surface area contributed by atoms with Crippen molar-refractivity contribution < 1.29 is 17.6 Å². The van der Waals surface area contributed by atoms with E-state index in [1.165, 1.54) is 23.5 Å². The van der Waals surface area contributed by atoms with E-state index in [-0.39, 0.29) is 17.2 Å². The number of anilines is 1. The molecule has 0 aliphatic heterocycles. The molecule has 0 atom stereocenters. The summed E-state index contributed by atoms with van der Waals surface area (Å²) in [7, 11) is -3.33. The van der Waals surface area contributed by atoms with Gasteiger partial charge in [0.2, 0.25) is 5.91 Å². The minimum absolute atomic E-state index is 0.0970. The molecule has 0 aliphatic carbocycles. The summed E-state index contributed by atoms with van der Waals surface area (Å²) in [6.45, 7) is 1.81. The lowest BCUT2D eigenvalue weighted by Gasteiger charge is -2.09. The molecule has 1 aromatic carbocycles. The topological polar surface area (TPSA) is 89.3 Å². The van der Waals surface area contributed by atoms with Crippen molar-refractivity contribution >= 4 is 32.8 Å². The van der Waals surface area contributed by atoms with Crippen molar-refractivity contribution in [3.05, 3.63) is 53.2 Å². The smallest absolute Gasteiger partial charge is 0.230 e. The second kappa shape index (κ2) is 6.81. The van der Waals surface area contributed by atoms with E-state index in [9.17, 15) is 13.2 Å². The van der Waals surface area contributed by atoms with Gasteiger partial charge in [-0.05, 0) is 36.8 Å². The molecule has 0 spiro atoms. The van der Waals surface area contributed by atoms with E-state index in [2.05, 4.69) is 10.3 Å². The van der Waals surface area contributed by atoms with Crippen LogP contribution in [-0.4, -0.2) is 25.6 Å². The molecule has 2 heterocycles. The third-order valence-corrected chi connectivity index (χ3v) is 5.55. The predicted octanol–water partition coefficient (Wildman–Crippen LogP) is 3.30. The average molecular weight is 376 g/mol. The highest BCUT2D eigenvalue weighted by molar-refractivity contribution is 7.90. The van der Waals surface area contributed by atoms with Gasteiger partial charge in [0.05, 0.1) is 23.3 Å². The summed E-state index contributed by atoms with van der Waals surface area (Å²) in [6, 6.07) is 8.25.